The lowest BCUT2D eigenvalue weighted by Crippen LogP contribution is -2.28. The van der Waals surface area contributed by atoms with Crippen LogP contribution in [-0.4, -0.2) is 38.3 Å². The Hall–Kier alpha value is -1.29. The number of phosphoric acid groups is 1. The van der Waals surface area contributed by atoms with Gasteiger partial charge in [-0.05, 0) is 6.07 Å². The molecule has 0 unspecified atom stereocenters. The Morgan fingerprint density at radius 2 is 2.24 bits per heavy atom. The number of rotatable bonds is 4. The monoisotopic (exact) mass is 324 g/mol. The highest BCUT2D eigenvalue weighted by molar-refractivity contribution is 7.46. The predicted molar refractivity (Wildman–Crippen MR) is 67.6 cm³/mol. The number of hydrogen-bond acceptors (Lipinski definition) is 6. The van der Waals surface area contributed by atoms with Gasteiger partial charge in [0.05, 0.1) is 18.4 Å². The van der Waals surface area contributed by atoms with E-state index in [-0.39, 0.29) is 12.1 Å². The summed E-state index contributed by atoms with van der Waals surface area (Å²) in [6.45, 7) is -0.561. The first kappa shape index (κ1) is 16.1. The van der Waals surface area contributed by atoms with E-state index in [0.29, 0.717) is 0 Å². The first-order valence-electron chi connectivity index (χ1n) is 5.89. The van der Waals surface area contributed by atoms with Gasteiger partial charge in [-0.15, -0.1) is 0 Å². The van der Waals surface area contributed by atoms with Crippen LogP contribution in [0.3, 0.4) is 0 Å². The SMILES string of the molecule is Nc1ccn([C@@H]2C[C@H](O)[C@@H](COP(=O)(O)O)O2)c(=O)c1F. The number of anilines is 1. The second-order valence-corrected chi connectivity index (χ2v) is 5.76. The van der Waals surface area contributed by atoms with E-state index >= 15 is 0 Å². The van der Waals surface area contributed by atoms with Crippen molar-refractivity contribution >= 4 is 13.5 Å². The van der Waals surface area contributed by atoms with Crippen LogP contribution < -0.4 is 11.3 Å². The minimum atomic E-state index is -4.70. The molecule has 11 heteroatoms. The van der Waals surface area contributed by atoms with Crippen molar-refractivity contribution in [3.05, 3.63) is 28.4 Å². The Labute approximate surface area is 118 Å². The average molecular weight is 324 g/mol. The van der Waals surface area contributed by atoms with E-state index in [1.54, 1.807) is 0 Å². The van der Waals surface area contributed by atoms with Crippen molar-refractivity contribution in [3.8, 4) is 0 Å². The number of aromatic nitrogens is 1. The topological polar surface area (TPSA) is 144 Å². The molecule has 0 amide bonds. The third kappa shape index (κ3) is 3.67. The zero-order chi connectivity index (χ0) is 15.8. The molecule has 1 aromatic rings. The number of halogens is 1. The molecule has 0 bridgehead atoms. The van der Waals surface area contributed by atoms with Gasteiger partial charge in [-0.1, -0.05) is 0 Å². The van der Waals surface area contributed by atoms with Crippen LogP contribution in [0.2, 0.25) is 0 Å². The lowest BCUT2D eigenvalue weighted by atomic mass is 10.2. The molecule has 2 heterocycles. The molecule has 5 N–H and O–H groups in total. The summed E-state index contributed by atoms with van der Waals surface area (Å²) in [5, 5.41) is 9.74. The van der Waals surface area contributed by atoms with Crippen molar-refractivity contribution in [2.45, 2.75) is 24.9 Å². The molecule has 3 atom stereocenters. The molecule has 1 aromatic heterocycles. The number of aliphatic hydroxyl groups is 1. The third-order valence-corrected chi connectivity index (χ3v) is 3.50. The van der Waals surface area contributed by atoms with Crippen molar-refractivity contribution < 1.29 is 33.1 Å². The van der Waals surface area contributed by atoms with Gasteiger partial charge in [-0.2, -0.15) is 4.39 Å². The predicted octanol–water partition coefficient (Wildman–Crippen LogP) is -0.673. The van der Waals surface area contributed by atoms with Gasteiger partial charge >= 0.3 is 7.82 Å². The van der Waals surface area contributed by atoms with Gasteiger partial charge in [-0.3, -0.25) is 13.9 Å². The minimum Gasteiger partial charge on any atom is -0.396 e. The van der Waals surface area contributed by atoms with E-state index in [9.17, 15) is 18.9 Å². The van der Waals surface area contributed by atoms with E-state index in [0.717, 1.165) is 4.57 Å². The standard InChI is InChI=1S/C10H14FN2O7P/c11-9-5(12)1-2-13(10(9)15)8-3-6(14)7(20-8)4-19-21(16,17)18/h1-2,6-8,14H,3-4,12H2,(H2,16,17,18)/t6-,7+,8-/m0/s1. The molecule has 0 spiro atoms. The smallest absolute Gasteiger partial charge is 0.396 e. The third-order valence-electron chi connectivity index (χ3n) is 3.01. The highest BCUT2D eigenvalue weighted by Crippen LogP contribution is 2.38. The van der Waals surface area contributed by atoms with Crippen LogP contribution >= 0.6 is 7.82 Å². The number of hydrogen-bond donors (Lipinski definition) is 4. The molecule has 9 nitrogen and oxygen atoms in total. The summed E-state index contributed by atoms with van der Waals surface area (Å²) in [4.78, 5) is 28.9. The fourth-order valence-corrected chi connectivity index (χ4v) is 2.31. The van der Waals surface area contributed by atoms with Gasteiger partial charge in [0, 0.05) is 12.6 Å². The van der Waals surface area contributed by atoms with Crippen LogP contribution in [0, 0.1) is 5.82 Å². The molecule has 1 fully saturated rings. The highest BCUT2D eigenvalue weighted by atomic mass is 31.2. The highest BCUT2D eigenvalue weighted by Gasteiger charge is 2.37. The number of pyridine rings is 1. The van der Waals surface area contributed by atoms with E-state index in [4.69, 9.17) is 20.3 Å². The van der Waals surface area contributed by atoms with Crippen LogP contribution in [0.5, 0.6) is 0 Å². The van der Waals surface area contributed by atoms with Gasteiger partial charge in [0.2, 0.25) is 5.82 Å². The summed E-state index contributed by atoms with van der Waals surface area (Å²) in [5.74, 6) is -1.13. The Morgan fingerprint density at radius 1 is 1.57 bits per heavy atom. The van der Waals surface area contributed by atoms with Gasteiger partial charge in [0.25, 0.3) is 5.56 Å². The molecule has 0 aliphatic carbocycles. The van der Waals surface area contributed by atoms with E-state index < -0.39 is 44.2 Å². The second-order valence-electron chi connectivity index (χ2n) is 4.52. The summed E-state index contributed by atoms with van der Waals surface area (Å²) in [6, 6.07) is 1.17. The van der Waals surface area contributed by atoms with Crippen LogP contribution in [-0.2, 0) is 13.8 Å². The van der Waals surface area contributed by atoms with E-state index in [2.05, 4.69) is 4.52 Å². The van der Waals surface area contributed by atoms with Crippen molar-refractivity contribution in [2.24, 2.45) is 0 Å². The van der Waals surface area contributed by atoms with Crippen LogP contribution in [0.15, 0.2) is 17.1 Å². The number of nitrogens with zero attached hydrogens (tertiary/aromatic N) is 1. The quantitative estimate of drug-likeness (QED) is 0.534. The molecular formula is C10H14FN2O7P. The van der Waals surface area contributed by atoms with Crippen molar-refractivity contribution in [2.75, 3.05) is 12.3 Å². The average Bonchev–Trinajstić information content (AvgIpc) is 2.74. The largest absolute Gasteiger partial charge is 0.469 e. The maximum atomic E-state index is 13.4. The summed E-state index contributed by atoms with van der Waals surface area (Å²) < 4.78 is 34.5. The van der Waals surface area contributed by atoms with Crippen LogP contribution in [0.1, 0.15) is 12.6 Å². The molecule has 1 aliphatic rings. The van der Waals surface area contributed by atoms with Crippen LogP contribution in [0.4, 0.5) is 10.1 Å². The fraction of sp³-hybridized carbons (Fsp3) is 0.500. The van der Waals surface area contributed by atoms with Gasteiger partial charge in [0.1, 0.15) is 12.3 Å². The first-order valence-corrected chi connectivity index (χ1v) is 7.42. The molecule has 2 rings (SSSR count). The van der Waals surface area contributed by atoms with Gasteiger partial charge in [-0.25, -0.2) is 4.57 Å². The second kappa shape index (κ2) is 5.84. The fourth-order valence-electron chi connectivity index (χ4n) is 1.97. The normalized spacial score (nSPS) is 26.2. The minimum absolute atomic E-state index is 0.0571. The molecule has 0 aromatic carbocycles. The molecular weight excluding hydrogens is 310 g/mol. The van der Waals surface area contributed by atoms with E-state index in [1.807, 2.05) is 0 Å². The Bertz CT molecular complexity index is 630. The van der Waals surface area contributed by atoms with Gasteiger partial charge in [0.15, 0.2) is 0 Å². The number of phosphoric ester groups is 1. The lowest BCUT2D eigenvalue weighted by Gasteiger charge is -2.16. The summed E-state index contributed by atoms with van der Waals surface area (Å²) in [6.07, 6.45) is -1.99. The molecule has 0 saturated carbocycles. The number of nitrogens with two attached hydrogens (primary N) is 1. The summed E-state index contributed by atoms with van der Waals surface area (Å²) in [5.41, 5.74) is 3.93. The Morgan fingerprint density at radius 3 is 2.86 bits per heavy atom. The number of ether oxygens (including phenoxy) is 1. The molecule has 1 saturated heterocycles. The summed E-state index contributed by atoms with van der Waals surface area (Å²) >= 11 is 0. The van der Waals surface area contributed by atoms with Gasteiger partial charge < -0.3 is 25.4 Å². The van der Waals surface area contributed by atoms with Crippen molar-refractivity contribution in [1.29, 1.82) is 0 Å². The maximum Gasteiger partial charge on any atom is 0.469 e. The zero-order valence-electron chi connectivity index (χ0n) is 10.6. The maximum absolute atomic E-state index is 13.4. The Balaban J connectivity index is 2.13. The number of nitrogen functional groups attached to an aromatic ring is 1. The first-order chi connectivity index (χ1) is 9.69. The molecule has 21 heavy (non-hydrogen) atoms. The van der Waals surface area contributed by atoms with Crippen LogP contribution in [0.25, 0.3) is 0 Å². The van der Waals surface area contributed by atoms with Crippen molar-refractivity contribution in [1.82, 2.24) is 4.57 Å². The number of aliphatic hydroxyl groups excluding tert-OH is 1. The Kier molecular flexibility index (Phi) is 4.47. The van der Waals surface area contributed by atoms with E-state index in [1.165, 1.54) is 12.3 Å². The lowest BCUT2D eigenvalue weighted by molar-refractivity contribution is -0.0449. The zero-order valence-corrected chi connectivity index (χ0v) is 11.5. The summed E-state index contributed by atoms with van der Waals surface area (Å²) in [7, 11) is -4.70. The molecule has 0 radical (unpaired) electrons. The molecule has 1 aliphatic heterocycles. The molecule has 118 valence electrons. The van der Waals surface area contributed by atoms with Crippen molar-refractivity contribution in [3.63, 3.8) is 0 Å².